The van der Waals surface area contributed by atoms with Crippen LogP contribution in [0, 0.1) is 17.6 Å². The molecular weight excluding hydrogens is 222 g/mol. The molecular formula is C13H20F2N2. The third kappa shape index (κ3) is 3.48. The number of hydrazine groups is 1. The van der Waals surface area contributed by atoms with Gasteiger partial charge in [0.1, 0.15) is 11.6 Å². The Hall–Kier alpha value is -1.00. The molecule has 96 valence electrons. The van der Waals surface area contributed by atoms with Crippen LogP contribution in [0.4, 0.5) is 8.78 Å². The van der Waals surface area contributed by atoms with Crippen LogP contribution in [0.3, 0.4) is 0 Å². The minimum Gasteiger partial charge on any atom is -0.271 e. The number of hydrogen-bond acceptors (Lipinski definition) is 2. The maximum atomic E-state index is 13.5. The van der Waals surface area contributed by atoms with E-state index in [-0.39, 0.29) is 18.0 Å². The number of nitrogens with two attached hydrogens (primary N) is 1. The molecule has 0 spiro atoms. The Morgan fingerprint density at radius 3 is 2.12 bits per heavy atom. The lowest BCUT2D eigenvalue weighted by atomic mass is 9.89. The molecule has 3 N–H and O–H groups in total. The van der Waals surface area contributed by atoms with Crippen molar-refractivity contribution in [2.24, 2.45) is 11.8 Å². The van der Waals surface area contributed by atoms with E-state index in [1.54, 1.807) is 0 Å². The standard InChI is InChI=1S/C13H20F2N2/c1-3-9(4-2)13(17-16)8-10-11(14)6-5-7-12(10)15/h5-7,9,13,17H,3-4,8,16H2,1-2H3. The molecule has 0 amide bonds. The van der Waals surface area contributed by atoms with Crippen molar-refractivity contribution in [3.63, 3.8) is 0 Å². The zero-order valence-corrected chi connectivity index (χ0v) is 10.3. The van der Waals surface area contributed by atoms with Gasteiger partial charge in [-0.3, -0.25) is 11.3 Å². The number of halogens is 2. The van der Waals surface area contributed by atoms with Crippen molar-refractivity contribution in [2.45, 2.75) is 39.2 Å². The highest BCUT2D eigenvalue weighted by Crippen LogP contribution is 2.20. The molecule has 2 nitrogen and oxygen atoms in total. The fourth-order valence-electron chi connectivity index (χ4n) is 2.17. The summed E-state index contributed by atoms with van der Waals surface area (Å²) in [4.78, 5) is 0. The topological polar surface area (TPSA) is 38.0 Å². The number of rotatable bonds is 6. The summed E-state index contributed by atoms with van der Waals surface area (Å²) in [7, 11) is 0. The van der Waals surface area contributed by atoms with Crippen LogP contribution in [0.15, 0.2) is 18.2 Å². The number of nitrogens with one attached hydrogen (secondary N) is 1. The molecule has 0 aliphatic rings. The van der Waals surface area contributed by atoms with Crippen LogP contribution in [0.1, 0.15) is 32.3 Å². The van der Waals surface area contributed by atoms with Gasteiger partial charge in [-0.05, 0) is 24.5 Å². The molecule has 0 saturated heterocycles. The van der Waals surface area contributed by atoms with E-state index in [1.165, 1.54) is 18.2 Å². The predicted molar refractivity (Wildman–Crippen MR) is 65.2 cm³/mol. The van der Waals surface area contributed by atoms with Crippen LogP contribution < -0.4 is 11.3 Å². The van der Waals surface area contributed by atoms with E-state index in [2.05, 4.69) is 19.3 Å². The lowest BCUT2D eigenvalue weighted by Gasteiger charge is -2.24. The Bertz CT molecular complexity index is 331. The second kappa shape index (κ2) is 6.67. The van der Waals surface area contributed by atoms with Crippen LogP contribution in [-0.4, -0.2) is 6.04 Å². The van der Waals surface area contributed by atoms with Crippen molar-refractivity contribution in [1.82, 2.24) is 5.43 Å². The van der Waals surface area contributed by atoms with E-state index in [0.29, 0.717) is 5.92 Å². The van der Waals surface area contributed by atoms with Crippen molar-refractivity contribution in [3.8, 4) is 0 Å². The SMILES string of the molecule is CCC(CC)C(Cc1c(F)cccc1F)NN. The molecule has 0 bridgehead atoms. The Morgan fingerprint density at radius 1 is 1.18 bits per heavy atom. The smallest absolute Gasteiger partial charge is 0.129 e. The van der Waals surface area contributed by atoms with E-state index in [0.717, 1.165) is 12.8 Å². The van der Waals surface area contributed by atoms with Gasteiger partial charge in [-0.25, -0.2) is 8.78 Å². The number of benzene rings is 1. The summed E-state index contributed by atoms with van der Waals surface area (Å²) >= 11 is 0. The van der Waals surface area contributed by atoms with Gasteiger partial charge in [0.05, 0.1) is 0 Å². The van der Waals surface area contributed by atoms with E-state index >= 15 is 0 Å². The van der Waals surface area contributed by atoms with Crippen molar-refractivity contribution in [2.75, 3.05) is 0 Å². The van der Waals surface area contributed by atoms with Crippen LogP contribution in [0.5, 0.6) is 0 Å². The highest BCUT2D eigenvalue weighted by Gasteiger charge is 2.20. The zero-order valence-electron chi connectivity index (χ0n) is 10.3. The van der Waals surface area contributed by atoms with Crippen LogP contribution in [-0.2, 0) is 6.42 Å². The van der Waals surface area contributed by atoms with Crippen molar-refractivity contribution < 1.29 is 8.78 Å². The highest BCUT2D eigenvalue weighted by molar-refractivity contribution is 5.20. The fourth-order valence-corrected chi connectivity index (χ4v) is 2.17. The molecule has 1 aromatic carbocycles. The van der Waals surface area contributed by atoms with Gasteiger partial charge in [0.2, 0.25) is 0 Å². The fraction of sp³-hybridized carbons (Fsp3) is 0.538. The Labute approximate surface area is 101 Å². The molecule has 1 rings (SSSR count). The van der Waals surface area contributed by atoms with Crippen molar-refractivity contribution >= 4 is 0 Å². The molecule has 0 radical (unpaired) electrons. The molecule has 1 unspecified atom stereocenters. The molecule has 0 fully saturated rings. The normalized spacial score (nSPS) is 13.1. The van der Waals surface area contributed by atoms with Crippen LogP contribution >= 0.6 is 0 Å². The number of hydrogen-bond donors (Lipinski definition) is 2. The minimum absolute atomic E-state index is 0.101. The first kappa shape index (κ1) is 14.1. The van der Waals surface area contributed by atoms with Crippen LogP contribution in [0.25, 0.3) is 0 Å². The quantitative estimate of drug-likeness (QED) is 0.594. The summed E-state index contributed by atoms with van der Waals surface area (Å²) in [6.07, 6.45) is 2.14. The second-order valence-corrected chi connectivity index (χ2v) is 4.25. The lowest BCUT2D eigenvalue weighted by molar-refractivity contribution is 0.329. The molecule has 0 heterocycles. The largest absolute Gasteiger partial charge is 0.271 e. The van der Waals surface area contributed by atoms with Gasteiger partial charge >= 0.3 is 0 Å². The van der Waals surface area contributed by atoms with Gasteiger partial charge in [-0.1, -0.05) is 32.8 Å². The summed E-state index contributed by atoms with van der Waals surface area (Å²) in [5.74, 6) is 4.79. The van der Waals surface area contributed by atoms with E-state index < -0.39 is 11.6 Å². The zero-order chi connectivity index (χ0) is 12.8. The lowest BCUT2D eigenvalue weighted by Crippen LogP contribution is -2.42. The van der Waals surface area contributed by atoms with E-state index in [1.807, 2.05) is 0 Å². The summed E-state index contributed by atoms with van der Waals surface area (Å²) in [6.45, 7) is 4.10. The average molecular weight is 242 g/mol. The molecule has 0 aliphatic heterocycles. The minimum atomic E-state index is -0.504. The Kier molecular flexibility index (Phi) is 5.51. The first-order valence-electron chi connectivity index (χ1n) is 6.03. The van der Waals surface area contributed by atoms with Gasteiger partial charge in [-0.2, -0.15) is 0 Å². The molecule has 4 heteroatoms. The first-order chi connectivity index (χ1) is 8.13. The van der Waals surface area contributed by atoms with Crippen LogP contribution in [0.2, 0.25) is 0 Å². The third-order valence-electron chi connectivity index (χ3n) is 3.32. The third-order valence-corrected chi connectivity index (χ3v) is 3.32. The second-order valence-electron chi connectivity index (χ2n) is 4.25. The summed E-state index contributed by atoms with van der Waals surface area (Å²) < 4.78 is 27.0. The summed E-state index contributed by atoms with van der Waals surface area (Å²) in [5.41, 5.74) is 2.79. The van der Waals surface area contributed by atoms with Gasteiger partial charge < -0.3 is 0 Å². The predicted octanol–water partition coefficient (Wildman–Crippen LogP) is 2.78. The van der Waals surface area contributed by atoms with E-state index in [4.69, 9.17) is 5.84 Å². The molecule has 0 saturated carbocycles. The van der Waals surface area contributed by atoms with Gasteiger partial charge in [0.25, 0.3) is 0 Å². The van der Waals surface area contributed by atoms with Crippen molar-refractivity contribution in [3.05, 3.63) is 35.4 Å². The molecule has 1 atom stereocenters. The Balaban J connectivity index is 2.87. The maximum Gasteiger partial charge on any atom is 0.129 e. The van der Waals surface area contributed by atoms with Gasteiger partial charge in [0, 0.05) is 11.6 Å². The van der Waals surface area contributed by atoms with Crippen molar-refractivity contribution in [1.29, 1.82) is 0 Å². The van der Waals surface area contributed by atoms with Gasteiger partial charge in [0.15, 0.2) is 0 Å². The molecule has 0 aliphatic carbocycles. The summed E-state index contributed by atoms with van der Waals surface area (Å²) in [6, 6.07) is 3.82. The summed E-state index contributed by atoms with van der Waals surface area (Å²) in [5, 5.41) is 0. The highest BCUT2D eigenvalue weighted by atomic mass is 19.1. The maximum absolute atomic E-state index is 13.5. The Morgan fingerprint density at radius 2 is 1.71 bits per heavy atom. The first-order valence-corrected chi connectivity index (χ1v) is 6.03. The average Bonchev–Trinajstić information content (AvgIpc) is 2.33. The van der Waals surface area contributed by atoms with E-state index in [9.17, 15) is 8.78 Å². The monoisotopic (exact) mass is 242 g/mol. The molecule has 0 aromatic heterocycles. The molecule has 1 aromatic rings. The molecule has 17 heavy (non-hydrogen) atoms. The van der Waals surface area contributed by atoms with Gasteiger partial charge in [-0.15, -0.1) is 0 Å².